The lowest BCUT2D eigenvalue weighted by atomic mass is 9.89. The number of fused-ring (bicyclic) bond motifs is 1. The van der Waals surface area contributed by atoms with Gasteiger partial charge in [-0.05, 0) is 31.4 Å². The van der Waals surface area contributed by atoms with Crippen LogP contribution >= 0.6 is 0 Å². The number of hydrogen-bond donors (Lipinski definition) is 0. The van der Waals surface area contributed by atoms with Gasteiger partial charge in [-0.3, -0.25) is 4.79 Å². The second kappa shape index (κ2) is 6.25. The molecule has 0 spiro atoms. The molecule has 0 saturated heterocycles. The number of carbonyl (C=O) groups excluding carboxylic acids is 1. The molecule has 2 aromatic rings. The van der Waals surface area contributed by atoms with E-state index < -0.39 is 0 Å². The molecule has 2 rings (SSSR count). The second-order valence-electron chi connectivity index (χ2n) is 5.81. The maximum atomic E-state index is 12.8. The van der Waals surface area contributed by atoms with E-state index in [1.54, 1.807) is 0 Å². The zero-order valence-electron chi connectivity index (χ0n) is 13.1. The van der Waals surface area contributed by atoms with Crippen LogP contribution in [0.1, 0.15) is 55.5 Å². The van der Waals surface area contributed by atoms with E-state index in [9.17, 15) is 4.79 Å². The molecule has 108 valence electrons. The smallest absolute Gasteiger partial charge is 0.168 e. The van der Waals surface area contributed by atoms with E-state index >= 15 is 0 Å². The third kappa shape index (κ3) is 2.79. The molecule has 0 bridgehead atoms. The Morgan fingerprint density at radius 1 is 1.20 bits per heavy atom. The second-order valence-corrected chi connectivity index (χ2v) is 5.81. The molecule has 0 aliphatic heterocycles. The van der Waals surface area contributed by atoms with Crippen molar-refractivity contribution in [2.75, 3.05) is 0 Å². The molecule has 2 nitrogen and oxygen atoms in total. The zero-order valence-corrected chi connectivity index (χ0v) is 13.1. The number of carbonyl (C=O) groups is 1. The topological polar surface area (TPSA) is 22.0 Å². The molecule has 0 N–H and O–H groups in total. The van der Waals surface area contributed by atoms with Crippen LogP contribution in [0.3, 0.4) is 0 Å². The van der Waals surface area contributed by atoms with Crippen LogP contribution in [0.2, 0.25) is 0 Å². The number of aromatic nitrogens is 1. The average molecular weight is 271 g/mol. The first kappa shape index (κ1) is 14.8. The van der Waals surface area contributed by atoms with Crippen molar-refractivity contribution in [1.82, 2.24) is 4.57 Å². The fourth-order valence-corrected chi connectivity index (χ4v) is 3.01. The van der Waals surface area contributed by atoms with Gasteiger partial charge >= 0.3 is 0 Å². The summed E-state index contributed by atoms with van der Waals surface area (Å²) in [4.78, 5) is 12.8. The van der Waals surface area contributed by atoms with E-state index in [0.717, 1.165) is 42.1 Å². The molecule has 0 radical (unpaired) electrons. The Hall–Kier alpha value is -1.57. The fraction of sp³-hybridized carbons (Fsp3) is 0.500. The first-order valence-corrected chi connectivity index (χ1v) is 7.68. The Morgan fingerprint density at radius 3 is 2.45 bits per heavy atom. The average Bonchev–Trinajstić information content (AvgIpc) is 2.75. The molecular weight excluding hydrogens is 246 g/mol. The summed E-state index contributed by atoms with van der Waals surface area (Å²) in [6, 6.07) is 6.33. The molecule has 0 saturated carbocycles. The molecule has 1 aromatic heterocycles. The molecular formula is C18H25NO. The number of rotatable bonds is 6. The molecule has 0 aliphatic carbocycles. The molecule has 0 atom stereocenters. The van der Waals surface area contributed by atoms with Crippen molar-refractivity contribution < 1.29 is 4.79 Å². The van der Waals surface area contributed by atoms with Crippen molar-refractivity contribution in [1.29, 1.82) is 0 Å². The number of nitrogens with zero attached hydrogens (tertiary/aromatic N) is 1. The van der Waals surface area contributed by atoms with Gasteiger partial charge in [0.1, 0.15) is 0 Å². The summed E-state index contributed by atoms with van der Waals surface area (Å²) in [5.41, 5.74) is 3.28. The maximum absolute atomic E-state index is 12.8. The summed E-state index contributed by atoms with van der Waals surface area (Å²) in [5.74, 6) is 0.500. The van der Waals surface area contributed by atoms with Crippen LogP contribution in [0.15, 0.2) is 24.4 Å². The lowest BCUT2D eigenvalue weighted by molar-refractivity contribution is 0.0906. The summed E-state index contributed by atoms with van der Waals surface area (Å²) in [6.07, 6.45) is 6.13. The minimum Gasteiger partial charge on any atom is -0.350 e. The Balaban J connectivity index is 2.43. The normalized spacial score (nSPS) is 11.4. The van der Waals surface area contributed by atoms with Gasteiger partial charge in [-0.2, -0.15) is 0 Å². The highest BCUT2D eigenvalue weighted by Crippen LogP contribution is 2.27. The Kier molecular flexibility index (Phi) is 4.64. The summed E-state index contributed by atoms with van der Waals surface area (Å²) in [5, 5.41) is 1.10. The molecule has 1 heterocycles. The van der Waals surface area contributed by atoms with E-state index in [2.05, 4.69) is 43.5 Å². The van der Waals surface area contributed by atoms with Gasteiger partial charge < -0.3 is 4.57 Å². The van der Waals surface area contributed by atoms with E-state index in [0.29, 0.717) is 5.78 Å². The van der Waals surface area contributed by atoms with Crippen molar-refractivity contribution in [2.24, 2.45) is 13.0 Å². The van der Waals surface area contributed by atoms with Gasteiger partial charge in [0.2, 0.25) is 0 Å². The van der Waals surface area contributed by atoms with Crippen molar-refractivity contribution in [2.45, 2.75) is 46.5 Å². The van der Waals surface area contributed by atoms with Crippen LogP contribution < -0.4 is 0 Å². The van der Waals surface area contributed by atoms with Crippen molar-refractivity contribution >= 4 is 16.7 Å². The first-order valence-electron chi connectivity index (χ1n) is 7.68. The Labute approximate surface area is 121 Å². The number of aryl methyl sites for hydroxylation is 2. The van der Waals surface area contributed by atoms with Gasteiger partial charge in [0.25, 0.3) is 0 Å². The number of ketones is 1. The van der Waals surface area contributed by atoms with Crippen LogP contribution in [0, 0.1) is 12.8 Å². The first-order chi connectivity index (χ1) is 9.58. The van der Waals surface area contributed by atoms with E-state index in [4.69, 9.17) is 0 Å². The van der Waals surface area contributed by atoms with Crippen LogP contribution in [0.4, 0.5) is 0 Å². The molecule has 0 amide bonds. The Bertz CT molecular complexity index is 603. The summed E-state index contributed by atoms with van der Waals surface area (Å²) in [6.45, 7) is 6.40. The van der Waals surface area contributed by atoms with Crippen molar-refractivity contribution in [3.05, 3.63) is 35.5 Å². The largest absolute Gasteiger partial charge is 0.350 e. The Morgan fingerprint density at radius 2 is 1.85 bits per heavy atom. The maximum Gasteiger partial charge on any atom is 0.168 e. The SMILES string of the molecule is CCCC(CCC)C(=O)c1cn(C)c2cc(C)ccc12. The van der Waals surface area contributed by atoms with Crippen molar-refractivity contribution in [3.8, 4) is 0 Å². The summed E-state index contributed by atoms with van der Waals surface area (Å²) in [7, 11) is 2.02. The van der Waals surface area contributed by atoms with Crippen LogP contribution in [-0.2, 0) is 7.05 Å². The fourth-order valence-electron chi connectivity index (χ4n) is 3.01. The molecule has 0 fully saturated rings. The van der Waals surface area contributed by atoms with E-state index in [1.807, 2.05) is 13.2 Å². The molecule has 0 aliphatic rings. The summed E-state index contributed by atoms with van der Waals surface area (Å²) < 4.78 is 2.07. The molecule has 2 heteroatoms. The lowest BCUT2D eigenvalue weighted by Crippen LogP contribution is -2.14. The van der Waals surface area contributed by atoms with Gasteiger partial charge in [-0.25, -0.2) is 0 Å². The predicted molar refractivity (Wildman–Crippen MR) is 85.3 cm³/mol. The summed E-state index contributed by atoms with van der Waals surface area (Å²) >= 11 is 0. The van der Waals surface area contributed by atoms with Gasteiger partial charge in [0, 0.05) is 35.6 Å². The highest BCUT2D eigenvalue weighted by molar-refractivity contribution is 6.09. The van der Waals surface area contributed by atoms with Crippen LogP contribution in [0.5, 0.6) is 0 Å². The van der Waals surface area contributed by atoms with Gasteiger partial charge in [-0.15, -0.1) is 0 Å². The highest BCUT2D eigenvalue weighted by atomic mass is 16.1. The quantitative estimate of drug-likeness (QED) is 0.686. The van der Waals surface area contributed by atoms with Crippen LogP contribution in [-0.4, -0.2) is 10.4 Å². The highest BCUT2D eigenvalue weighted by Gasteiger charge is 2.22. The number of hydrogen-bond acceptors (Lipinski definition) is 1. The lowest BCUT2D eigenvalue weighted by Gasteiger charge is -2.13. The standard InChI is InChI=1S/C18H25NO/c1-5-7-14(8-6-2)18(20)16-12-19(4)17-11-13(3)9-10-15(16)17/h9-12,14H,5-8H2,1-4H3. The molecule has 20 heavy (non-hydrogen) atoms. The van der Waals surface area contributed by atoms with Crippen LogP contribution in [0.25, 0.3) is 10.9 Å². The van der Waals surface area contributed by atoms with Gasteiger partial charge in [-0.1, -0.05) is 38.8 Å². The third-order valence-electron chi connectivity index (χ3n) is 4.06. The van der Waals surface area contributed by atoms with E-state index in [-0.39, 0.29) is 5.92 Å². The van der Waals surface area contributed by atoms with E-state index in [1.165, 1.54) is 5.56 Å². The number of benzene rings is 1. The predicted octanol–water partition coefficient (Wildman–Crippen LogP) is 4.89. The minimum atomic E-state index is 0.178. The van der Waals surface area contributed by atoms with Crippen molar-refractivity contribution in [3.63, 3.8) is 0 Å². The third-order valence-corrected chi connectivity index (χ3v) is 4.06. The minimum absolute atomic E-state index is 0.178. The molecule has 0 unspecified atom stereocenters. The number of Topliss-reactive ketones (excluding diaryl/α,β-unsaturated/α-hetero) is 1. The zero-order chi connectivity index (χ0) is 14.7. The van der Waals surface area contributed by atoms with Gasteiger partial charge in [0.05, 0.1) is 0 Å². The monoisotopic (exact) mass is 271 g/mol. The molecule has 1 aromatic carbocycles. The van der Waals surface area contributed by atoms with Gasteiger partial charge in [0.15, 0.2) is 5.78 Å².